The van der Waals surface area contributed by atoms with Gasteiger partial charge >= 0.3 is 5.97 Å². The minimum atomic E-state index is -0.954. The van der Waals surface area contributed by atoms with Crippen LogP contribution in [0.5, 0.6) is 0 Å². The number of carbonyl (C=O) groups excluding carboxylic acids is 1. The summed E-state index contributed by atoms with van der Waals surface area (Å²) in [5, 5.41) is 9.84. The van der Waals surface area contributed by atoms with Gasteiger partial charge in [0.05, 0.1) is 22.7 Å². The SMILES string of the molecule is CC(C(=O)O)C(C)C(=O)N(C)Cc1nc2ccccc2s1. The molecule has 1 amide bonds. The molecule has 0 spiro atoms. The highest BCUT2D eigenvalue weighted by Crippen LogP contribution is 2.23. The molecule has 1 aromatic carbocycles. The number of aliphatic carboxylic acids is 1. The Morgan fingerprint density at radius 3 is 2.57 bits per heavy atom. The van der Waals surface area contributed by atoms with E-state index in [1.807, 2.05) is 24.3 Å². The first-order valence-electron chi connectivity index (χ1n) is 6.72. The van der Waals surface area contributed by atoms with Crippen LogP contribution in [-0.2, 0) is 16.1 Å². The van der Waals surface area contributed by atoms with Gasteiger partial charge < -0.3 is 10.0 Å². The lowest BCUT2D eigenvalue weighted by Gasteiger charge is -2.22. The van der Waals surface area contributed by atoms with Gasteiger partial charge in [0, 0.05) is 13.0 Å². The quantitative estimate of drug-likeness (QED) is 0.922. The van der Waals surface area contributed by atoms with Crippen molar-refractivity contribution in [2.24, 2.45) is 11.8 Å². The summed E-state index contributed by atoms with van der Waals surface area (Å²) in [6.45, 7) is 3.60. The van der Waals surface area contributed by atoms with Crippen LogP contribution in [0.3, 0.4) is 0 Å². The van der Waals surface area contributed by atoms with Crippen molar-refractivity contribution in [2.75, 3.05) is 7.05 Å². The third-order valence-electron chi connectivity index (χ3n) is 3.62. The molecule has 0 saturated heterocycles. The zero-order chi connectivity index (χ0) is 15.6. The fourth-order valence-electron chi connectivity index (χ4n) is 2.04. The molecule has 112 valence electrons. The van der Waals surface area contributed by atoms with Gasteiger partial charge in [-0.15, -0.1) is 11.3 Å². The van der Waals surface area contributed by atoms with Crippen molar-refractivity contribution in [3.05, 3.63) is 29.3 Å². The van der Waals surface area contributed by atoms with Gasteiger partial charge in [0.1, 0.15) is 5.01 Å². The average Bonchev–Trinajstić information content (AvgIpc) is 2.86. The summed E-state index contributed by atoms with van der Waals surface area (Å²) >= 11 is 1.55. The number of hydrogen-bond acceptors (Lipinski definition) is 4. The van der Waals surface area contributed by atoms with Gasteiger partial charge in [-0.1, -0.05) is 26.0 Å². The summed E-state index contributed by atoms with van der Waals surface area (Å²) in [5.74, 6) is -2.38. The highest BCUT2D eigenvalue weighted by atomic mass is 32.1. The van der Waals surface area contributed by atoms with E-state index in [4.69, 9.17) is 5.11 Å². The molecule has 0 aliphatic rings. The number of thiazole rings is 1. The molecule has 1 N–H and O–H groups in total. The van der Waals surface area contributed by atoms with Crippen LogP contribution < -0.4 is 0 Å². The molecular formula is C15H18N2O3S. The second-order valence-electron chi connectivity index (χ2n) is 5.19. The number of hydrogen-bond donors (Lipinski definition) is 1. The van der Waals surface area contributed by atoms with Crippen LogP contribution in [0.25, 0.3) is 10.2 Å². The Balaban J connectivity index is 2.08. The highest BCUT2D eigenvalue weighted by Gasteiger charge is 2.28. The number of aromatic nitrogens is 1. The van der Waals surface area contributed by atoms with Gasteiger partial charge in [0.15, 0.2) is 0 Å². The Kier molecular flexibility index (Phi) is 4.57. The predicted molar refractivity (Wildman–Crippen MR) is 82.1 cm³/mol. The van der Waals surface area contributed by atoms with Crippen LogP contribution in [0.15, 0.2) is 24.3 Å². The summed E-state index contributed by atoms with van der Waals surface area (Å²) in [6, 6.07) is 7.81. The van der Waals surface area contributed by atoms with Crippen molar-refractivity contribution in [1.29, 1.82) is 0 Å². The van der Waals surface area contributed by atoms with Crippen LogP contribution in [0, 0.1) is 11.8 Å². The van der Waals surface area contributed by atoms with E-state index in [1.54, 1.807) is 37.1 Å². The van der Waals surface area contributed by atoms with Crippen LogP contribution in [0.2, 0.25) is 0 Å². The summed E-state index contributed by atoms with van der Waals surface area (Å²) in [4.78, 5) is 29.2. The molecule has 1 heterocycles. The Bertz CT molecular complexity index is 635. The van der Waals surface area contributed by atoms with Gasteiger partial charge in [-0.25, -0.2) is 4.98 Å². The van der Waals surface area contributed by atoms with E-state index in [9.17, 15) is 9.59 Å². The molecule has 0 saturated carbocycles. The Morgan fingerprint density at radius 1 is 1.29 bits per heavy atom. The molecule has 0 bridgehead atoms. The number of carboxylic acid groups (broad SMARTS) is 1. The summed E-state index contributed by atoms with van der Waals surface area (Å²) in [6.07, 6.45) is 0. The summed E-state index contributed by atoms with van der Waals surface area (Å²) in [5.41, 5.74) is 0.922. The molecule has 0 aliphatic carbocycles. The number of amides is 1. The molecule has 2 unspecified atom stereocenters. The van der Waals surface area contributed by atoms with E-state index in [0.29, 0.717) is 6.54 Å². The second kappa shape index (κ2) is 6.22. The van der Waals surface area contributed by atoms with Crippen LogP contribution in [-0.4, -0.2) is 33.9 Å². The van der Waals surface area contributed by atoms with Crippen LogP contribution in [0.1, 0.15) is 18.9 Å². The van der Waals surface area contributed by atoms with Gasteiger partial charge in [0.2, 0.25) is 5.91 Å². The first-order valence-corrected chi connectivity index (χ1v) is 7.54. The topological polar surface area (TPSA) is 70.5 Å². The van der Waals surface area contributed by atoms with Gasteiger partial charge in [-0.2, -0.15) is 0 Å². The third kappa shape index (κ3) is 3.39. The largest absolute Gasteiger partial charge is 0.481 e. The Hall–Kier alpha value is -1.95. The molecule has 6 heteroatoms. The molecule has 1 aromatic heterocycles. The fourth-order valence-corrected chi connectivity index (χ4v) is 3.06. The molecule has 2 rings (SSSR count). The van der Waals surface area contributed by atoms with Gasteiger partial charge in [-0.05, 0) is 12.1 Å². The number of fused-ring (bicyclic) bond motifs is 1. The first kappa shape index (κ1) is 15.4. The lowest BCUT2D eigenvalue weighted by Crippen LogP contribution is -2.36. The standard InChI is InChI=1S/C15H18N2O3S/c1-9(10(2)15(19)20)14(18)17(3)8-13-16-11-6-4-5-7-12(11)21-13/h4-7,9-10H,8H2,1-3H3,(H,19,20). The molecule has 2 aromatic rings. The molecular weight excluding hydrogens is 288 g/mol. The maximum atomic E-state index is 12.2. The van der Waals surface area contributed by atoms with Crippen LogP contribution >= 0.6 is 11.3 Å². The zero-order valence-corrected chi connectivity index (χ0v) is 13.1. The molecule has 0 radical (unpaired) electrons. The third-order valence-corrected chi connectivity index (χ3v) is 4.64. The first-order chi connectivity index (χ1) is 9.90. The average molecular weight is 306 g/mol. The van der Waals surface area contributed by atoms with E-state index in [-0.39, 0.29) is 5.91 Å². The second-order valence-corrected chi connectivity index (χ2v) is 6.30. The number of rotatable bonds is 5. The maximum absolute atomic E-state index is 12.2. The summed E-state index contributed by atoms with van der Waals surface area (Å²) < 4.78 is 1.08. The normalized spacial score (nSPS) is 13.9. The monoisotopic (exact) mass is 306 g/mol. The number of para-hydroxylation sites is 1. The van der Waals surface area contributed by atoms with E-state index in [0.717, 1.165) is 15.2 Å². The number of carboxylic acids is 1. The minimum absolute atomic E-state index is 0.177. The number of carbonyl (C=O) groups is 2. The van der Waals surface area contributed by atoms with Crippen molar-refractivity contribution in [1.82, 2.24) is 9.88 Å². The van der Waals surface area contributed by atoms with Gasteiger partial charge in [0.25, 0.3) is 0 Å². The molecule has 2 atom stereocenters. The van der Waals surface area contributed by atoms with E-state index < -0.39 is 17.8 Å². The maximum Gasteiger partial charge on any atom is 0.307 e. The number of benzene rings is 1. The Labute approximate surface area is 127 Å². The molecule has 0 fully saturated rings. The minimum Gasteiger partial charge on any atom is -0.481 e. The molecule has 21 heavy (non-hydrogen) atoms. The van der Waals surface area contributed by atoms with Crippen molar-refractivity contribution in [3.63, 3.8) is 0 Å². The fraction of sp³-hybridized carbons (Fsp3) is 0.400. The predicted octanol–water partition coefficient (Wildman–Crippen LogP) is 2.61. The van der Waals surface area contributed by atoms with E-state index >= 15 is 0 Å². The summed E-state index contributed by atoms with van der Waals surface area (Å²) in [7, 11) is 1.68. The van der Waals surface area contributed by atoms with Gasteiger partial charge in [-0.3, -0.25) is 9.59 Å². The van der Waals surface area contributed by atoms with E-state index in [1.165, 1.54) is 0 Å². The Morgan fingerprint density at radius 2 is 1.95 bits per heavy atom. The lowest BCUT2D eigenvalue weighted by atomic mass is 9.95. The smallest absolute Gasteiger partial charge is 0.307 e. The molecule has 5 nitrogen and oxygen atoms in total. The van der Waals surface area contributed by atoms with Crippen molar-refractivity contribution in [3.8, 4) is 0 Å². The highest BCUT2D eigenvalue weighted by molar-refractivity contribution is 7.18. The zero-order valence-electron chi connectivity index (χ0n) is 12.2. The lowest BCUT2D eigenvalue weighted by molar-refractivity contribution is -0.148. The van der Waals surface area contributed by atoms with Crippen molar-refractivity contribution >= 4 is 33.4 Å². The molecule has 0 aliphatic heterocycles. The van der Waals surface area contributed by atoms with Crippen LogP contribution in [0.4, 0.5) is 0 Å². The van der Waals surface area contributed by atoms with Crippen molar-refractivity contribution < 1.29 is 14.7 Å². The van der Waals surface area contributed by atoms with E-state index in [2.05, 4.69) is 4.98 Å². The van der Waals surface area contributed by atoms with Crippen molar-refractivity contribution in [2.45, 2.75) is 20.4 Å². The number of nitrogens with zero attached hydrogens (tertiary/aromatic N) is 2.